The van der Waals surface area contributed by atoms with E-state index in [-0.39, 0.29) is 17.2 Å². The zero-order chi connectivity index (χ0) is 23.8. The average Bonchev–Trinajstić information content (AvgIpc) is 2.84. The quantitative estimate of drug-likeness (QED) is 0.261. The first kappa shape index (κ1) is 21.8. The molecule has 4 aromatic carbocycles. The fraction of sp³-hybridized carbons (Fsp3) is 0.0370. The normalized spacial score (nSPS) is 14.8. The summed E-state index contributed by atoms with van der Waals surface area (Å²) in [5.41, 5.74) is 8.21. The fourth-order valence-electron chi connectivity index (χ4n) is 4.10. The van der Waals surface area contributed by atoms with Crippen molar-refractivity contribution in [1.29, 1.82) is 5.26 Å². The molecule has 2 N–H and O–H groups in total. The van der Waals surface area contributed by atoms with Crippen LogP contribution in [0.15, 0.2) is 90.3 Å². The molecule has 1 unspecified atom stereocenters. The highest BCUT2D eigenvalue weighted by molar-refractivity contribution is 6.42. The van der Waals surface area contributed by atoms with E-state index in [9.17, 15) is 10.1 Å². The minimum Gasteiger partial charge on any atom is -0.440 e. The van der Waals surface area contributed by atoms with Crippen molar-refractivity contribution in [3.8, 4) is 17.6 Å². The summed E-state index contributed by atoms with van der Waals surface area (Å²) in [6, 6.07) is 25.3. The molecule has 0 spiro atoms. The Hall–Kier alpha value is -3.98. The van der Waals surface area contributed by atoms with Gasteiger partial charge in [0.05, 0.1) is 21.5 Å². The highest BCUT2D eigenvalue weighted by Crippen LogP contribution is 2.44. The van der Waals surface area contributed by atoms with Crippen LogP contribution in [0.25, 0.3) is 10.8 Å². The predicted molar refractivity (Wildman–Crippen MR) is 131 cm³/mol. The number of hydrogen-bond acceptors (Lipinski definition) is 5. The molecule has 0 saturated heterocycles. The number of benzene rings is 4. The van der Waals surface area contributed by atoms with Gasteiger partial charge in [-0.2, -0.15) is 5.26 Å². The molecule has 1 atom stereocenters. The summed E-state index contributed by atoms with van der Waals surface area (Å²) in [5.74, 6) is -0.349. The van der Waals surface area contributed by atoms with Crippen LogP contribution in [-0.2, 0) is 0 Å². The van der Waals surface area contributed by atoms with E-state index in [1.165, 1.54) is 0 Å². The van der Waals surface area contributed by atoms with Gasteiger partial charge in [0.15, 0.2) is 0 Å². The number of allylic oxidation sites excluding steroid dienone is 1. The monoisotopic (exact) mass is 486 g/mol. The summed E-state index contributed by atoms with van der Waals surface area (Å²) >= 11 is 12.3. The number of carbonyl (C=O) groups is 1. The van der Waals surface area contributed by atoms with Crippen LogP contribution in [0.4, 0.5) is 0 Å². The molecule has 34 heavy (non-hydrogen) atoms. The molecule has 7 heteroatoms. The Morgan fingerprint density at radius 2 is 1.76 bits per heavy atom. The zero-order valence-corrected chi connectivity index (χ0v) is 19.1. The van der Waals surface area contributed by atoms with Crippen LogP contribution < -0.4 is 15.2 Å². The van der Waals surface area contributed by atoms with Gasteiger partial charge in [-0.15, -0.1) is 0 Å². The van der Waals surface area contributed by atoms with Gasteiger partial charge in [-0.05, 0) is 40.6 Å². The molecule has 0 fully saturated rings. The highest BCUT2D eigenvalue weighted by Gasteiger charge is 2.31. The number of carbonyl (C=O) groups excluding carboxylic acids is 1. The third-order valence-electron chi connectivity index (χ3n) is 5.69. The Kier molecular flexibility index (Phi) is 5.62. The molecule has 5 nitrogen and oxygen atoms in total. The Bertz CT molecular complexity index is 1530. The molecule has 5 rings (SSSR count). The molecule has 0 amide bonds. The SMILES string of the molecule is N#CC1=C(N)Oc2cc(OC(=O)c3cccc4ccccc34)ccc2C1c1ccc(Cl)c(Cl)c1. The van der Waals surface area contributed by atoms with Crippen molar-refractivity contribution in [2.24, 2.45) is 5.73 Å². The lowest BCUT2D eigenvalue weighted by atomic mass is 9.83. The van der Waals surface area contributed by atoms with Gasteiger partial charge in [0, 0.05) is 11.6 Å². The van der Waals surface area contributed by atoms with E-state index < -0.39 is 11.9 Å². The second-order valence-corrected chi connectivity index (χ2v) is 8.53. The van der Waals surface area contributed by atoms with Crippen LogP contribution >= 0.6 is 23.2 Å². The number of esters is 1. The largest absolute Gasteiger partial charge is 0.440 e. The van der Waals surface area contributed by atoms with E-state index in [0.717, 1.165) is 16.3 Å². The van der Waals surface area contributed by atoms with Crippen molar-refractivity contribution in [2.75, 3.05) is 0 Å². The van der Waals surface area contributed by atoms with Crippen molar-refractivity contribution < 1.29 is 14.3 Å². The smallest absolute Gasteiger partial charge is 0.344 e. The van der Waals surface area contributed by atoms with Gasteiger partial charge < -0.3 is 15.2 Å². The lowest BCUT2D eigenvalue weighted by Gasteiger charge is -2.27. The minimum atomic E-state index is -0.508. The number of hydrogen-bond donors (Lipinski definition) is 1. The number of ether oxygens (including phenoxy) is 2. The number of nitrogens with two attached hydrogens (primary N) is 1. The van der Waals surface area contributed by atoms with Gasteiger partial charge >= 0.3 is 5.97 Å². The highest BCUT2D eigenvalue weighted by atomic mass is 35.5. The molecule has 4 aromatic rings. The van der Waals surface area contributed by atoms with E-state index in [4.69, 9.17) is 38.4 Å². The van der Waals surface area contributed by atoms with Crippen LogP contribution in [0.1, 0.15) is 27.4 Å². The van der Waals surface area contributed by atoms with Crippen LogP contribution in [-0.4, -0.2) is 5.97 Å². The first-order valence-corrected chi connectivity index (χ1v) is 11.1. The van der Waals surface area contributed by atoms with Gasteiger partial charge in [0.1, 0.15) is 23.1 Å². The first-order valence-electron chi connectivity index (χ1n) is 10.3. The average molecular weight is 487 g/mol. The Morgan fingerprint density at radius 3 is 2.56 bits per heavy atom. The lowest BCUT2D eigenvalue weighted by molar-refractivity contribution is 0.0736. The molecule has 1 aliphatic heterocycles. The van der Waals surface area contributed by atoms with Gasteiger partial charge in [-0.25, -0.2) is 4.79 Å². The number of halogens is 2. The lowest BCUT2D eigenvalue weighted by Crippen LogP contribution is -2.21. The molecule has 1 heterocycles. The van der Waals surface area contributed by atoms with E-state index in [0.29, 0.717) is 26.9 Å². The zero-order valence-electron chi connectivity index (χ0n) is 17.6. The molecule has 0 radical (unpaired) electrons. The summed E-state index contributed by atoms with van der Waals surface area (Å²) in [6.07, 6.45) is 0. The van der Waals surface area contributed by atoms with E-state index in [1.807, 2.05) is 36.4 Å². The third-order valence-corrected chi connectivity index (χ3v) is 6.43. The van der Waals surface area contributed by atoms with Crippen molar-refractivity contribution >= 4 is 39.9 Å². The maximum Gasteiger partial charge on any atom is 0.344 e. The van der Waals surface area contributed by atoms with Crippen molar-refractivity contribution in [3.05, 3.63) is 117 Å². The maximum absolute atomic E-state index is 12.9. The van der Waals surface area contributed by atoms with Gasteiger partial charge in [0.25, 0.3) is 0 Å². The van der Waals surface area contributed by atoms with E-state index in [1.54, 1.807) is 42.5 Å². The summed E-state index contributed by atoms with van der Waals surface area (Å²) in [4.78, 5) is 12.9. The number of fused-ring (bicyclic) bond motifs is 2. The van der Waals surface area contributed by atoms with Crippen molar-refractivity contribution in [3.63, 3.8) is 0 Å². The van der Waals surface area contributed by atoms with Crippen LogP contribution in [0.2, 0.25) is 10.0 Å². The topological polar surface area (TPSA) is 85.3 Å². The van der Waals surface area contributed by atoms with Crippen molar-refractivity contribution in [1.82, 2.24) is 0 Å². The second kappa shape index (κ2) is 8.75. The third kappa shape index (κ3) is 3.84. The molecular weight excluding hydrogens is 471 g/mol. The van der Waals surface area contributed by atoms with Crippen LogP contribution in [0, 0.1) is 11.3 Å². The molecule has 1 aliphatic rings. The standard InChI is InChI=1S/C27H16Cl2N2O3/c28-22-11-8-16(12-23(22)29)25-20-10-9-17(13-24(20)34-26(31)21(25)14-30)33-27(32)19-7-3-5-15-4-1-2-6-18(15)19/h1-13,25H,31H2. The van der Waals surface area contributed by atoms with Crippen molar-refractivity contribution in [2.45, 2.75) is 5.92 Å². The summed E-state index contributed by atoms with van der Waals surface area (Å²) < 4.78 is 11.4. The molecule has 0 aliphatic carbocycles. The molecule has 0 bridgehead atoms. The Labute approximate surface area is 205 Å². The van der Waals surface area contributed by atoms with Gasteiger partial charge in [-0.3, -0.25) is 0 Å². The first-order chi connectivity index (χ1) is 16.5. The molecular formula is C27H16Cl2N2O3. The number of rotatable bonds is 3. The fourth-order valence-corrected chi connectivity index (χ4v) is 4.41. The van der Waals surface area contributed by atoms with Gasteiger partial charge in [0.2, 0.25) is 5.88 Å². The summed E-state index contributed by atoms with van der Waals surface area (Å²) in [5, 5.41) is 12.2. The predicted octanol–water partition coefficient (Wildman–Crippen LogP) is 6.58. The number of nitrogens with zero attached hydrogens (tertiary/aromatic N) is 1. The molecule has 0 saturated carbocycles. The summed E-state index contributed by atoms with van der Waals surface area (Å²) in [6.45, 7) is 0. The Balaban J connectivity index is 1.51. The van der Waals surface area contributed by atoms with E-state index in [2.05, 4.69) is 6.07 Å². The summed E-state index contributed by atoms with van der Waals surface area (Å²) in [7, 11) is 0. The number of nitriles is 1. The van der Waals surface area contributed by atoms with E-state index >= 15 is 0 Å². The second-order valence-electron chi connectivity index (χ2n) is 7.71. The molecule has 166 valence electrons. The molecule has 0 aromatic heterocycles. The van der Waals surface area contributed by atoms with Crippen LogP contribution in [0.5, 0.6) is 11.5 Å². The van der Waals surface area contributed by atoms with Gasteiger partial charge in [-0.1, -0.05) is 71.7 Å². The Morgan fingerprint density at radius 1 is 0.971 bits per heavy atom. The van der Waals surface area contributed by atoms with Crippen LogP contribution in [0.3, 0.4) is 0 Å². The minimum absolute atomic E-state index is 0.0244. The maximum atomic E-state index is 12.9.